The van der Waals surface area contributed by atoms with E-state index in [1.165, 1.54) is 0 Å². The summed E-state index contributed by atoms with van der Waals surface area (Å²) in [5.74, 6) is -1.28. The first-order chi connectivity index (χ1) is 15.0. The molecular formula is C24H32N4O3. The third-order valence-corrected chi connectivity index (χ3v) is 5.59. The van der Waals surface area contributed by atoms with Gasteiger partial charge in [0.25, 0.3) is 0 Å². The van der Waals surface area contributed by atoms with Gasteiger partial charge in [-0.15, -0.1) is 0 Å². The quantitative estimate of drug-likeness (QED) is 0.668. The Kier molecular flexibility index (Phi) is 8.03. The Morgan fingerprint density at radius 1 is 1.03 bits per heavy atom. The number of rotatable bonds is 7. The second-order valence-electron chi connectivity index (χ2n) is 7.82. The first-order valence-corrected chi connectivity index (χ1v) is 10.8. The van der Waals surface area contributed by atoms with E-state index in [2.05, 4.69) is 39.8 Å². The van der Waals surface area contributed by atoms with Gasteiger partial charge in [-0.1, -0.05) is 37.3 Å². The molecule has 0 spiro atoms. The summed E-state index contributed by atoms with van der Waals surface area (Å²) in [4.78, 5) is 29.3. The molecule has 0 aromatic heterocycles. The van der Waals surface area contributed by atoms with Gasteiger partial charge in [-0.05, 0) is 35.7 Å². The van der Waals surface area contributed by atoms with Crippen LogP contribution < -0.4 is 15.5 Å². The molecule has 0 saturated carbocycles. The van der Waals surface area contributed by atoms with Crippen LogP contribution in [0.1, 0.15) is 24.1 Å². The third kappa shape index (κ3) is 6.06. The fraction of sp³-hybridized carbons (Fsp3) is 0.417. The minimum absolute atomic E-state index is 0.0280. The summed E-state index contributed by atoms with van der Waals surface area (Å²) in [6, 6.07) is 15.8. The minimum atomic E-state index is -0.649. The van der Waals surface area contributed by atoms with Gasteiger partial charge in [0.1, 0.15) is 0 Å². The Morgan fingerprint density at radius 3 is 2.35 bits per heavy atom. The second kappa shape index (κ2) is 10.9. The molecule has 1 saturated heterocycles. The normalized spacial score (nSPS) is 15.2. The second-order valence-corrected chi connectivity index (χ2v) is 7.82. The van der Waals surface area contributed by atoms with Crippen molar-refractivity contribution < 1.29 is 14.3 Å². The summed E-state index contributed by atoms with van der Waals surface area (Å²) < 4.78 is 5.49. The first-order valence-electron chi connectivity index (χ1n) is 10.8. The Labute approximate surface area is 184 Å². The van der Waals surface area contributed by atoms with Gasteiger partial charge in [-0.3, -0.25) is 14.5 Å². The maximum absolute atomic E-state index is 12.5. The summed E-state index contributed by atoms with van der Waals surface area (Å²) in [7, 11) is 4.01. The number of amides is 2. The number of nitrogens with zero attached hydrogens (tertiary/aromatic N) is 2. The molecule has 166 valence electrons. The highest BCUT2D eigenvalue weighted by Gasteiger charge is 2.24. The Morgan fingerprint density at radius 2 is 1.71 bits per heavy atom. The SMILES string of the molecule is CCc1ccccc1NC(=O)C(=O)NC[C@H](c1ccc(N(C)C)cc1)N1CCOCC1. The summed E-state index contributed by atoms with van der Waals surface area (Å²) in [5, 5.41) is 5.56. The van der Waals surface area contributed by atoms with Crippen molar-refractivity contribution >= 4 is 23.2 Å². The fourth-order valence-corrected chi connectivity index (χ4v) is 3.74. The molecule has 3 rings (SSSR count). The maximum Gasteiger partial charge on any atom is 0.313 e. The lowest BCUT2D eigenvalue weighted by Crippen LogP contribution is -2.45. The van der Waals surface area contributed by atoms with Gasteiger partial charge in [0.15, 0.2) is 0 Å². The standard InChI is InChI=1S/C24H32N4O3/c1-4-18-7-5-6-8-21(18)26-24(30)23(29)25-17-22(28-13-15-31-16-14-28)19-9-11-20(12-10-19)27(2)3/h5-12,22H,4,13-17H2,1-3H3,(H,25,29)(H,26,30)/t22-/m1/s1. The van der Waals surface area contributed by atoms with Crippen LogP contribution in [0.5, 0.6) is 0 Å². The number of carbonyl (C=O) groups is 2. The van der Waals surface area contributed by atoms with Crippen LogP contribution >= 0.6 is 0 Å². The molecule has 7 nitrogen and oxygen atoms in total. The van der Waals surface area contributed by atoms with Crippen LogP contribution in [0.15, 0.2) is 48.5 Å². The Hall–Kier alpha value is -2.90. The van der Waals surface area contributed by atoms with Gasteiger partial charge in [0.05, 0.1) is 19.3 Å². The summed E-state index contributed by atoms with van der Waals surface area (Å²) in [6.45, 7) is 5.25. The van der Waals surface area contributed by atoms with Crippen LogP contribution in [-0.2, 0) is 20.7 Å². The molecular weight excluding hydrogens is 392 g/mol. The van der Waals surface area contributed by atoms with E-state index in [0.29, 0.717) is 25.4 Å². The Bertz CT molecular complexity index is 877. The molecule has 1 fully saturated rings. The van der Waals surface area contributed by atoms with E-state index >= 15 is 0 Å². The number of anilines is 2. The van der Waals surface area contributed by atoms with E-state index in [0.717, 1.165) is 36.3 Å². The van der Waals surface area contributed by atoms with Gasteiger partial charge in [0.2, 0.25) is 0 Å². The highest BCUT2D eigenvalue weighted by Crippen LogP contribution is 2.24. The molecule has 2 amide bonds. The number of nitrogens with one attached hydrogen (secondary N) is 2. The molecule has 2 N–H and O–H groups in total. The molecule has 0 bridgehead atoms. The van der Waals surface area contributed by atoms with Crippen molar-refractivity contribution in [3.05, 3.63) is 59.7 Å². The van der Waals surface area contributed by atoms with E-state index in [1.54, 1.807) is 0 Å². The molecule has 2 aromatic rings. The summed E-state index contributed by atoms with van der Waals surface area (Å²) in [6.07, 6.45) is 0.778. The molecule has 1 atom stereocenters. The topological polar surface area (TPSA) is 73.9 Å². The predicted molar refractivity (Wildman–Crippen MR) is 123 cm³/mol. The number of aryl methyl sites for hydroxylation is 1. The van der Waals surface area contributed by atoms with Crippen LogP contribution in [0.25, 0.3) is 0 Å². The van der Waals surface area contributed by atoms with Crippen molar-refractivity contribution in [2.75, 3.05) is 57.2 Å². The largest absolute Gasteiger partial charge is 0.379 e. The number of morpholine rings is 1. The summed E-state index contributed by atoms with van der Waals surface area (Å²) in [5.41, 5.74) is 3.89. The van der Waals surface area contributed by atoms with Crippen molar-refractivity contribution in [3.63, 3.8) is 0 Å². The van der Waals surface area contributed by atoms with Crippen LogP contribution in [-0.4, -0.2) is 63.7 Å². The zero-order valence-electron chi connectivity index (χ0n) is 18.6. The lowest BCUT2D eigenvalue weighted by atomic mass is 10.0. The monoisotopic (exact) mass is 424 g/mol. The van der Waals surface area contributed by atoms with Crippen LogP contribution in [0, 0.1) is 0 Å². The van der Waals surface area contributed by atoms with E-state index in [-0.39, 0.29) is 6.04 Å². The maximum atomic E-state index is 12.5. The molecule has 1 heterocycles. The van der Waals surface area contributed by atoms with Crippen molar-refractivity contribution in [2.24, 2.45) is 0 Å². The van der Waals surface area contributed by atoms with Gasteiger partial charge < -0.3 is 20.3 Å². The smallest absolute Gasteiger partial charge is 0.313 e. The van der Waals surface area contributed by atoms with Crippen LogP contribution in [0.4, 0.5) is 11.4 Å². The molecule has 0 unspecified atom stereocenters. The average molecular weight is 425 g/mol. The lowest BCUT2D eigenvalue weighted by Gasteiger charge is -2.35. The predicted octanol–water partition coefficient (Wildman–Crippen LogP) is 2.44. The number of hydrogen-bond donors (Lipinski definition) is 2. The lowest BCUT2D eigenvalue weighted by molar-refractivity contribution is -0.136. The van der Waals surface area contributed by atoms with Crippen LogP contribution in [0.3, 0.4) is 0 Å². The minimum Gasteiger partial charge on any atom is -0.379 e. The molecule has 1 aliphatic heterocycles. The highest BCUT2D eigenvalue weighted by molar-refractivity contribution is 6.39. The highest BCUT2D eigenvalue weighted by atomic mass is 16.5. The van der Waals surface area contributed by atoms with E-state index in [1.807, 2.05) is 50.2 Å². The van der Waals surface area contributed by atoms with Gasteiger partial charge in [-0.25, -0.2) is 0 Å². The van der Waals surface area contributed by atoms with E-state index < -0.39 is 11.8 Å². The zero-order chi connectivity index (χ0) is 22.2. The first kappa shape index (κ1) is 22.8. The number of para-hydroxylation sites is 1. The average Bonchev–Trinajstić information content (AvgIpc) is 2.80. The fourth-order valence-electron chi connectivity index (χ4n) is 3.74. The van der Waals surface area contributed by atoms with Gasteiger partial charge in [-0.2, -0.15) is 0 Å². The number of ether oxygens (including phenoxy) is 1. The van der Waals surface area contributed by atoms with Crippen molar-refractivity contribution in [3.8, 4) is 0 Å². The number of carbonyl (C=O) groups excluding carboxylic acids is 2. The summed E-state index contributed by atoms with van der Waals surface area (Å²) >= 11 is 0. The molecule has 0 radical (unpaired) electrons. The van der Waals surface area contributed by atoms with Crippen molar-refractivity contribution in [1.29, 1.82) is 0 Å². The third-order valence-electron chi connectivity index (χ3n) is 5.59. The Balaban J connectivity index is 1.67. The molecule has 2 aromatic carbocycles. The van der Waals surface area contributed by atoms with Crippen molar-refractivity contribution in [2.45, 2.75) is 19.4 Å². The van der Waals surface area contributed by atoms with Crippen molar-refractivity contribution in [1.82, 2.24) is 10.2 Å². The van der Waals surface area contributed by atoms with Crippen LogP contribution in [0.2, 0.25) is 0 Å². The molecule has 31 heavy (non-hydrogen) atoms. The molecule has 0 aliphatic carbocycles. The zero-order valence-corrected chi connectivity index (χ0v) is 18.6. The number of benzene rings is 2. The molecule has 7 heteroatoms. The van der Waals surface area contributed by atoms with Gasteiger partial charge in [0, 0.05) is 45.1 Å². The number of hydrogen-bond acceptors (Lipinski definition) is 5. The van der Waals surface area contributed by atoms with E-state index in [4.69, 9.17) is 4.74 Å². The van der Waals surface area contributed by atoms with E-state index in [9.17, 15) is 9.59 Å². The van der Waals surface area contributed by atoms with Gasteiger partial charge >= 0.3 is 11.8 Å². The molecule has 1 aliphatic rings.